The number of carbonyl (C=O) groups excluding carboxylic acids is 1. The number of anilines is 1. The van der Waals surface area contributed by atoms with E-state index in [0.29, 0.717) is 40.0 Å². The number of carboxylic acids is 1. The van der Waals surface area contributed by atoms with Crippen LogP contribution in [0.15, 0.2) is 18.2 Å². The summed E-state index contributed by atoms with van der Waals surface area (Å²) in [5, 5.41) is 17.0. The predicted molar refractivity (Wildman–Crippen MR) is 89.8 cm³/mol. The van der Waals surface area contributed by atoms with Crippen molar-refractivity contribution in [2.24, 2.45) is 7.05 Å². The van der Waals surface area contributed by atoms with Gasteiger partial charge in [-0.05, 0) is 18.2 Å². The number of carboxylic acid groups (broad SMARTS) is 1. The molecule has 2 amide bonds. The number of hydrogen-bond donors (Lipinski definition) is 2. The molecule has 0 unspecified atom stereocenters. The number of benzene rings is 1. The fourth-order valence-corrected chi connectivity index (χ4v) is 3.02. The van der Waals surface area contributed by atoms with E-state index in [4.69, 9.17) is 23.2 Å². The van der Waals surface area contributed by atoms with Crippen molar-refractivity contribution in [3.05, 3.63) is 45.2 Å². The van der Waals surface area contributed by atoms with Crippen LogP contribution >= 0.6 is 23.2 Å². The largest absolute Gasteiger partial charge is 0.477 e. The molecule has 9 heteroatoms. The standard InChI is InChI=1S/C15H14Cl2N4O3/c1-20-13(14(22)23)9-7-21(5-4-12(9)19-20)15(24)18-8-2-3-10(16)11(17)6-8/h2-3,6H,4-5,7H2,1H3,(H,18,24)(H,22,23). The van der Waals surface area contributed by atoms with Gasteiger partial charge in [-0.3, -0.25) is 4.68 Å². The van der Waals surface area contributed by atoms with Crippen LogP contribution in [-0.4, -0.2) is 38.3 Å². The first-order valence-corrected chi connectivity index (χ1v) is 7.91. The van der Waals surface area contributed by atoms with Gasteiger partial charge in [-0.15, -0.1) is 0 Å². The van der Waals surface area contributed by atoms with Crippen molar-refractivity contribution in [3.8, 4) is 0 Å². The average Bonchev–Trinajstić information content (AvgIpc) is 2.85. The number of urea groups is 1. The lowest BCUT2D eigenvalue weighted by Gasteiger charge is -2.26. The zero-order chi connectivity index (χ0) is 17.4. The highest BCUT2D eigenvalue weighted by molar-refractivity contribution is 6.42. The lowest BCUT2D eigenvalue weighted by atomic mass is 10.1. The maximum atomic E-state index is 12.4. The number of nitrogens with one attached hydrogen (secondary N) is 1. The number of halogens is 2. The molecule has 0 atom stereocenters. The first kappa shape index (κ1) is 16.6. The molecule has 7 nitrogen and oxygen atoms in total. The second-order valence-electron chi connectivity index (χ2n) is 5.43. The van der Waals surface area contributed by atoms with Gasteiger partial charge in [0.05, 0.1) is 22.3 Å². The number of nitrogens with zero attached hydrogens (tertiary/aromatic N) is 3. The molecule has 0 aliphatic carbocycles. The first-order valence-electron chi connectivity index (χ1n) is 7.16. The highest BCUT2D eigenvalue weighted by Gasteiger charge is 2.29. The van der Waals surface area contributed by atoms with Crippen molar-refractivity contribution in [2.75, 3.05) is 11.9 Å². The molecule has 126 valence electrons. The summed E-state index contributed by atoms with van der Waals surface area (Å²) in [6, 6.07) is 4.47. The molecule has 1 aromatic carbocycles. The van der Waals surface area contributed by atoms with E-state index >= 15 is 0 Å². The van der Waals surface area contributed by atoms with Gasteiger partial charge in [0.2, 0.25) is 0 Å². The van der Waals surface area contributed by atoms with Gasteiger partial charge in [-0.2, -0.15) is 5.10 Å². The Bertz CT molecular complexity index is 834. The van der Waals surface area contributed by atoms with E-state index in [0.717, 1.165) is 0 Å². The highest BCUT2D eigenvalue weighted by Crippen LogP contribution is 2.26. The summed E-state index contributed by atoms with van der Waals surface area (Å²) in [6.45, 7) is 0.647. The maximum absolute atomic E-state index is 12.4. The van der Waals surface area contributed by atoms with Crippen molar-refractivity contribution < 1.29 is 14.7 Å². The zero-order valence-electron chi connectivity index (χ0n) is 12.7. The van der Waals surface area contributed by atoms with Crippen LogP contribution < -0.4 is 5.32 Å². The van der Waals surface area contributed by atoms with Crippen LogP contribution in [0.1, 0.15) is 21.7 Å². The van der Waals surface area contributed by atoms with Crippen molar-refractivity contribution in [2.45, 2.75) is 13.0 Å². The van der Waals surface area contributed by atoms with Crippen LogP contribution in [0.25, 0.3) is 0 Å². The first-order chi connectivity index (χ1) is 11.4. The smallest absolute Gasteiger partial charge is 0.354 e. The van der Waals surface area contributed by atoms with Gasteiger partial charge < -0.3 is 15.3 Å². The van der Waals surface area contributed by atoms with Crippen LogP contribution in [-0.2, 0) is 20.0 Å². The Morgan fingerprint density at radius 3 is 2.71 bits per heavy atom. The molecule has 2 aromatic rings. The van der Waals surface area contributed by atoms with Crippen molar-refractivity contribution >= 4 is 40.9 Å². The monoisotopic (exact) mass is 368 g/mol. The Hall–Kier alpha value is -2.25. The number of amides is 2. The minimum atomic E-state index is -1.06. The van der Waals surface area contributed by atoms with E-state index in [2.05, 4.69) is 10.4 Å². The molecule has 0 saturated heterocycles. The quantitative estimate of drug-likeness (QED) is 0.852. The summed E-state index contributed by atoms with van der Waals surface area (Å²) in [4.78, 5) is 25.4. The predicted octanol–water partition coefficient (Wildman–Crippen LogP) is 3.02. The maximum Gasteiger partial charge on any atom is 0.354 e. The molecule has 1 aliphatic heterocycles. The number of rotatable bonds is 2. The Morgan fingerprint density at radius 1 is 1.29 bits per heavy atom. The fraction of sp³-hybridized carbons (Fsp3) is 0.267. The Labute approximate surface area is 147 Å². The zero-order valence-corrected chi connectivity index (χ0v) is 14.2. The van der Waals surface area contributed by atoms with E-state index < -0.39 is 5.97 Å². The third-order valence-corrected chi connectivity index (χ3v) is 4.60. The molecular weight excluding hydrogens is 355 g/mol. The SMILES string of the molecule is Cn1nc2c(c1C(=O)O)CN(C(=O)Nc1ccc(Cl)c(Cl)c1)CC2. The number of aromatic nitrogens is 2. The van der Waals surface area contributed by atoms with Gasteiger partial charge in [-0.25, -0.2) is 9.59 Å². The Kier molecular flexibility index (Phi) is 4.38. The average molecular weight is 369 g/mol. The Balaban J connectivity index is 1.78. The topological polar surface area (TPSA) is 87.5 Å². The lowest BCUT2D eigenvalue weighted by Crippen LogP contribution is -2.39. The summed E-state index contributed by atoms with van der Waals surface area (Å²) in [6.07, 6.45) is 0.505. The number of aromatic carboxylic acids is 1. The van der Waals surface area contributed by atoms with E-state index in [1.54, 1.807) is 30.1 Å². The van der Waals surface area contributed by atoms with E-state index in [1.165, 1.54) is 4.68 Å². The van der Waals surface area contributed by atoms with Gasteiger partial charge >= 0.3 is 12.0 Å². The molecule has 2 heterocycles. The normalized spacial score (nSPS) is 13.5. The summed E-state index contributed by atoms with van der Waals surface area (Å²) in [5.41, 5.74) is 1.91. The fourth-order valence-electron chi connectivity index (χ4n) is 2.72. The van der Waals surface area contributed by atoms with Crippen molar-refractivity contribution in [1.82, 2.24) is 14.7 Å². The molecule has 3 rings (SSSR count). The van der Waals surface area contributed by atoms with Gasteiger partial charge in [-0.1, -0.05) is 23.2 Å². The second-order valence-corrected chi connectivity index (χ2v) is 6.25. The second kappa shape index (κ2) is 6.33. The van der Waals surface area contributed by atoms with Gasteiger partial charge in [0.1, 0.15) is 0 Å². The van der Waals surface area contributed by atoms with Crippen LogP contribution in [0, 0.1) is 0 Å². The molecule has 0 saturated carbocycles. The van der Waals surface area contributed by atoms with Crippen LogP contribution in [0.4, 0.5) is 10.5 Å². The van der Waals surface area contributed by atoms with Crippen molar-refractivity contribution in [1.29, 1.82) is 0 Å². The summed E-state index contributed by atoms with van der Waals surface area (Å²) in [5.74, 6) is -1.06. The number of fused-ring (bicyclic) bond motifs is 1. The molecule has 0 radical (unpaired) electrons. The van der Waals surface area contributed by atoms with Crippen LogP contribution in [0.2, 0.25) is 10.0 Å². The number of aryl methyl sites for hydroxylation is 1. The van der Waals surface area contributed by atoms with Gasteiger partial charge in [0.15, 0.2) is 5.69 Å². The van der Waals surface area contributed by atoms with E-state index in [9.17, 15) is 14.7 Å². The lowest BCUT2D eigenvalue weighted by molar-refractivity contribution is 0.0682. The molecule has 0 fully saturated rings. The third-order valence-electron chi connectivity index (χ3n) is 3.86. The molecule has 0 spiro atoms. The number of hydrogen-bond acceptors (Lipinski definition) is 3. The number of carbonyl (C=O) groups is 2. The molecule has 1 aromatic heterocycles. The molecule has 0 bridgehead atoms. The third kappa shape index (κ3) is 3.05. The highest BCUT2D eigenvalue weighted by atomic mass is 35.5. The molecule has 1 aliphatic rings. The van der Waals surface area contributed by atoms with Gasteiger partial charge in [0.25, 0.3) is 0 Å². The molecular formula is C15H14Cl2N4O3. The minimum absolute atomic E-state index is 0.108. The van der Waals surface area contributed by atoms with Crippen LogP contribution in [0.5, 0.6) is 0 Å². The van der Waals surface area contributed by atoms with E-state index in [1.807, 2.05) is 0 Å². The summed E-state index contributed by atoms with van der Waals surface area (Å²) >= 11 is 11.8. The molecule has 2 N–H and O–H groups in total. The minimum Gasteiger partial charge on any atom is -0.477 e. The molecule has 24 heavy (non-hydrogen) atoms. The Morgan fingerprint density at radius 2 is 2.04 bits per heavy atom. The van der Waals surface area contributed by atoms with Crippen LogP contribution in [0.3, 0.4) is 0 Å². The van der Waals surface area contributed by atoms with Crippen molar-refractivity contribution in [3.63, 3.8) is 0 Å². The van der Waals surface area contributed by atoms with E-state index in [-0.39, 0.29) is 18.3 Å². The summed E-state index contributed by atoms with van der Waals surface area (Å²) in [7, 11) is 1.59. The summed E-state index contributed by atoms with van der Waals surface area (Å²) < 4.78 is 1.34. The van der Waals surface area contributed by atoms with Gasteiger partial charge in [0, 0.05) is 31.3 Å².